The summed E-state index contributed by atoms with van der Waals surface area (Å²) in [7, 11) is 2.84. The number of hydrogen-bond donors (Lipinski definition) is 1. The zero-order chi connectivity index (χ0) is 15.4. The molecule has 6 nitrogen and oxygen atoms in total. The highest BCUT2D eigenvalue weighted by molar-refractivity contribution is 5.30. The van der Waals surface area contributed by atoms with Crippen LogP contribution in [0.1, 0.15) is 11.6 Å². The molecule has 0 bridgehead atoms. The quantitative estimate of drug-likeness (QED) is 0.893. The first kappa shape index (κ1) is 15.0. The molecular formula is C14H16FN3O3. The van der Waals surface area contributed by atoms with Gasteiger partial charge in [0.05, 0.1) is 20.8 Å². The number of benzene rings is 1. The Morgan fingerprint density at radius 2 is 2.05 bits per heavy atom. The lowest BCUT2D eigenvalue weighted by atomic mass is 10.1. The average Bonchev–Trinajstić information content (AvgIpc) is 2.49. The maximum Gasteiger partial charge on any atom is 0.267 e. The lowest BCUT2D eigenvalue weighted by Crippen LogP contribution is -2.28. The molecule has 0 fully saturated rings. The van der Waals surface area contributed by atoms with Crippen molar-refractivity contribution in [2.75, 3.05) is 14.2 Å². The molecule has 0 aliphatic carbocycles. The topological polar surface area (TPSA) is 79.4 Å². The molecule has 2 rings (SSSR count). The van der Waals surface area contributed by atoms with Gasteiger partial charge in [-0.05, 0) is 17.7 Å². The van der Waals surface area contributed by atoms with Crippen molar-refractivity contribution in [3.63, 3.8) is 0 Å². The number of halogens is 1. The van der Waals surface area contributed by atoms with Crippen LogP contribution in [0.15, 0.2) is 35.1 Å². The molecule has 0 spiro atoms. The molecule has 0 aliphatic heterocycles. The highest BCUT2D eigenvalue weighted by Crippen LogP contribution is 2.21. The maximum absolute atomic E-state index is 13.7. The number of methoxy groups -OCH3 is 2. The molecule has 2 N–H and O–H groups in total. The minimum absolute atomic E-state index is 0.113. The predicted octanol–water partition coefficient (Wildman–Crippen LogP) is 1.10. The normalized spacial score (nSPS) is 12.0. The van der Waals surface area contributed by atoms with Gasteiger partial charge in [-0.15, -0.1) is 5.10 Å². The molecule has 0 saturated carbocycles. The van der Waals surface area contributed by atoms with Crippen LogP contribution in [0, 0.1) is 5.82 Å². The van der Waals surface area contributed by atoms with Crippen LogP contribution in [-0.4, -0.2) is 24.0 Å². The van der Waals surface area contributed by atoms with Gasteiger partial charge in [0.15, 0.2) is 11.6 Å². The Bertz CT molecular complexity index is 687. The molecule has 1 unspecified atom stereocenters. The van der Waals surface area contributed by atoms with Gasteiger partial charge in [0.2, 0.25) is 5.88 Å². The molecule has 0 amide bonds. The number of hydrogen-bond acceptors (Lipinski definition) is 5. The first-order valence-electron chi connectivity index (χ1n) is 6.26. The van der Waals surface area contributed by atoms with Crippen molar-refractivity contribution in [2.45, 2.75) is 12.6 Å². The van der Waals surface area contributed by atoms with E-state index in [4.69, 9.17) is 15.2 Å². The zero-order valence-corrected chi connectivity index (χ0v) is 11.7. The third-order valence-corrected chi connectivity index (χ3v) is 3.02. The number of nitrogens with two attached hydrogens (primary N) is 1. The second-order valence-electron chi connectivity index (χ2n) is 4.40. The fourth-order valence-electron chi connectivity index (χ4n) is 1.87. The SMILES string of the molecule is COc1ccc(=O)n(CC(N)c2ccc(OC)c(F)c2)n1. The first-order chi connectivity index (χ1) is 10.0. The fourth-order valence-corrected chi connectivity index (χ4v) is 1.87. The van der Waals surface area contributed by atoms with Crippen molar-refractivity contribution < 1.29 is 13.9 Å². The number of nitrogens with zero attached hydrogens (tertiary/aromatic N) is 2. The Balaban J connectivity index is 2.23. The van der Waals surface area contributed by atoms with Gasteiger partial charge in [0.1, 0.15) is 0 Å². The predicted molar refractivity (Wildman–Crippen MR) is 74.9 cm³/mol. The van der Waals surface area contributed by atoms with E-state index in [0.29, 0.717) is 11.4 Å². The summed E-state index contributed by atoms with van der Waals surface area (Å²) < 4.78 is 24.7. The molecule has 0 saturated heterocycles. The van der Waals surface area contributed by atoms with Crippen molar-refractivity contribution in [1.82, 2.24) is 9.78 Å². The van der Waals surface area contributed by atoms with Gasteiger partial charge < -0.3 is 15.2 Å². The van der Waals surface area contributed by atoms with E-state index < -0.39 is 11.9 Å². The van der Waals surface area contributed by atoms with E-state index in [1.54, 1.807) is 6.07 Å². The average molecular weight is 293 g/mol. The Labute approximate surface area is 120 Å². The van der Waals surface area contributed by atoms with E-state index in [0.717, 1.165) is 0 Å². The molecule has 1 atom stereocenters. The fraction of sp³-hybridized carbons (Fsp3) is 0.286. The molecule has 1 aromatic heterocycles. The van der Waals surface area contributed by atoms with Crippen molar-refractivity contribution >= 4 is 0 Å². The van der Waals surface area contributed by atoms with E-state index >= 15 is 0 Å². The van der Waals surface area contributed by atoms with Crippen LogP contribution in [0.25, 0.3) is 0 Å². The number of aromatic nitrogens is 2. The highest BCUT2D eigenvalue weighted by atomic mass is 19.1. The van der Waals surface area contributed by atoms with Crippen molar-refractivity contribution in [3.05, 3.63) is 52.1 Å². The molecule has 0 radical (unpaired) electrons. The second kappa shape index (κ2) is 6.36. The summed E-state index contributed by atoms with van der Waals surface area (Å²) in [6.45, 7) is 0.113. The van der Waals surface area contributed by atoms with E-state index in [-0.39, 0.29) is 17.9 Å². The summed E-state index contributed by atoms with van der Waals surface area (Å²) >= 11 is 0. The van der Waals surface area contributed by atoms with Crippen LogP contribution in [0.5, 0.6) is 11.6 Å². The van der Waals surface area contributed by atoms with Crippen molar-refractivity contribution in [3.8, 4) is 11.6 Å². The van der Waals surface area contributed by atoms with Gasteiger partial charge in [-0.3, -0.25) is 4.79 Å². The van der Waals surface area contributed by atoms with E-state index in [9.17, 15) is 9.18 Å². The van der Waals surface area contributed by atoms with Gasteiger partial charge in [0, 0.05) is 18.2 Å². The van der Waals surface area contributed by atoms with Gasteiger partial charge in [-0.2, -0.15) is 0 Å². The molecule has 7 heteroatoms. The van der Waals surface area contributed by atoms with Crippen LogP contribution >= 0.6 is 0 Å². The highest BCUT2D eigenvalue weighted by Gasteiger charge is 2.12. The monoisotopic (exact) mass is 293 g/mol. The third-order valence-electron chi connectivity index (χ3n) is 3.02. The summed E-state index contributed by atoms with van der Waals surface area (Å²) in [6, 6.07) is 6.66. The Kier molecular flexibility index (Phi) is 4.54. The second-order valence-corrected chi connectivity index (χ2v) is 4.40. The Morgan fingerprint density at radius 1 is 1.29 bits per heavy atom. The van der Waals surface area contributed by atoms with Crippen LogP contribution in [-0.2, 0) is 6.54 Å². The standard InChI is InChI=1S/C14H16FN3O3/c1-20-12-4-3-9(7-10(12)15)11(16)8-18-14(19)6-5-13(17-18)21-2/h3-7,11H,8,16H2,1-2H3. The van der Waals surface area contributed by atoms with Crippen molar-refractivity contribution in [1.29, 1.82) is 0 Å². The summed E-state index contributed by atoms with van der Waals surface area (Å²) in [6.07, 6.45) is 0. The zero-order valence-electron chi connectivity index (χ0n) is 11.7. The molecule has 112 valence electrons. The van der Waals surface area contributed by atoms with E-state index in [1.165, 1.54) is 43.2 Å². The molecule has 1 aromatic carbocycles. The molecule has 2 aromatic rings. The van der Waals surface area contributed by atoms with Crippen LogP contribution in [0.3, 0.4) is 0 Å². The summed E-state index contributed by atoms with van der Waals surface area (Å²) in [5, 5.41) is 4.00. The van der Waals surface area contributed by atoms with Crippen LogP contribution < -0.4 is 20.8 Å². The maximum atomic E-state index is 13.7. The number of ether oxygens (including phenoxy) is 2. The minimum Gasteiger partial charge on any atom is -0.494 e. The van der Waals surface area contributed by atoms with Crippen LogP contribution in [0.4, 0.5) is 4.39 Å². The summed E-state index contributed by atoms with van der Waals surface area (Å²) in [5.74, 6) is -0.0540. The molecule has 1 heterocycles. The summed E-state index contributed by atoms with van der Waals surface area (Å²) in [5.41, 5.74) is 6.24. The largest absolute Gasteiger partial charge is 0.494 e. The Morgan fingerprint density at radius 3 is 2.67 bits per heavy atom. The third kappa shape index (κ3) is 3.38. The summed E-state index contributed by atoms with van der Waals surface area (Å²) in [4.78, 5) is 11.7. The van der Waals surface area contributed by atoms with Gasteiger partial charge >= 0.3 is 0 Å². The van der Waals surface area contributed by atoms with E-state index in [2.05, 4.69) is 5.10 Å². The Hall–Kier alpha value is -2.41. The lowest BCUT2D eigenvalue weighted by molar-refractivity contribution is 0.369. The minimum atomic E-state index is -0.581. The van der Waals surface area contributed by atoms with E-state index in [1.807, 2.05) is 0 Å². The van der Waals surface area contributed by atoms with Crippen LogP contribution in [0.2, 0.25) is 0 Å². The number of rotatable bonds is 5. The first-order valence-corrected chi connectivity index (χ1v) is 6.26. The van der Waals surface area contributed by atoms with Crippen molar-refractivity contribution in [2.24, 2.45) is 5.73 Å². The smallest absolute Gasteiger partial charge is 0.267 e. The van der Waals surface area contributed by atoms with Gasteiger partial charge in [-0.25, -0.2) is 9.07 Å². The lowest BCUT2D eigenvalue weighted by Gasteiger charge is -2.14. The van der Waals surface area contributed by atoms with Gasteiger partial charge in [0.25, 0.3) is 5.56 Å². The van der Waals surface area contributed by atoms with Gasteiger partial charge in [-0.1, -0.05) is 6.07 Å². The molecule has 21 heavy (non-hydrogen) atoms. The molecule has 0 aliphatic rings. The molecular weight excluding hydrogens is 277 g/mol.